The number of carbonyl (C=O) groups is 1. The largest absolute Gasteiger partial charge is 0.383 e. The highest BCUT2D eigenvalue weighted by atomic mass is 16.5. The van der Waals surface area contributed by atoms with Gasteiger partial charge >= 0.3 is 6.03 Å². The number of rotatable bonds is 6. The Morgan fingerprint density at radius 1 is 1.15 bits per heavy atom. The highest BCUT2D eigenvalue weighted by molar-refractivity contribution is 5.88. The summed E-state index contributed by atoms with van der Waals surface area (Å²) in [6.45, 7) is 5.22. The second-order valence-corrected chi connectivity index (χ2v) is 8.19. The van der Waals surface area contributed by atoms with Crippen LogP contribution in [0, 0.1) is 0 Å². The summed E-state index contributed by atoms with van der Waals surface area (Å²) in [7, 11) is 1.77. The zero-order chi connectivity index (χ0) is 23.0. The van der Waals surface area contributed by atoms with Crippen LogP contribution in [-0.2, 0) is 22.7 Å². The average molecular weight is 450 g/mol. The molecule has 8 heteroatoms. The zero-order valence-electron chi connectivity index (χ0n) is 18.9. The Bertz CT molecular complexity index is 1040. The molecule has 1 atom stereocenters. The van der Waals surface area contributed by atoms with Crippen molar-refractivity contribution in [3.05, 3.63) is 77.5 Å². The van der Waals surface area contributed by atoms with Gasteiger partial charge in [-0.3, -0.25) is 5.32 Å². The molecule has 1 fully saturated rings. The fraction of sp³-hybridized carbons (Fsp3) is 0.360. The average Bonchev–Trinajstić information content (AvgIpc) is 3.57. The van der Waals surface area contributed by atoms with E-state index in [1.165, 1.54) is 25.1 Å². The van der Waals surface area contributed by atoms with E-state index in [0.29, 0.717) is 19.0 Å². The summed E-state index contributed by atoms with van der Waals surface area (Å²) in [6.07, 6.45) is 1.29. The third kappa shape index (κ3) is 5.78. The van der Waals surface area contributed by atoms with E-state index in [1.54, 1.807) is 11.8 Å². The summed E-state index contributed by atoms with van der Waals surface area (Å²) in [5.74, 6) is 1.31. The van der Waals surface area contributed by atoms with Gasteiger partial charge in [0.2, 0.25) is 0 Å². The maximum absolute atomic E-state index is 11.1. The van der Waals surface area contributed by atoms with Crippen molar-refractivity contribution in [2.75, 3.05) is 38.7 Å². The number of anilines is 1. The molecule has 3 heterocycles. The molecule has 1 aromatic heterocycles. The fourth-order valence-corrected chi connectivity index (χ4v) is 4.27. The quantitative estimate of drug-likeness (QED) is 0.601. The van der Waals surface area contributed by atoms with Gasteiger partial charge in [-0.05, 0) is 36.6 Å². The molecular weight excluding hydrogens is 418 g/mol. The number of aromatic nitrogens is 2. The summed E-state index contributed by atoms with van der Waals surface area (Å²) in [4.78, 5) is 13.6. The molecule has 0 radical (unpaired) electrons. The molecule has 1 unspecified atom stereocenters. The monoisotopic (exact) mass is 449 g/mol. The highest BCUT2D eigenvalue weighted by Crippen LogP contribution is 2.29. The molecule has 0 spiro atoms. The number of likely N-dealkylation sites (tertiary alicyclic amines) is 1. The predicted molar refractivity (Wildman–Crippen MR) is 127 cm³/mol. The van der Waals surface area contributed by atoms with E-state index < -0.39 is 6.03 Å². The Kier molecular flexibility index (Phi) is 7.72. The Hall–Kier alpha value is -3.20. The van der Waals surface area contributed by atoms with Gasteiger partial charge in [0.1, 0.15) is 5.82 Å². The summed E-state index contributed by atoms with van der Waals surface area (Å²) in [6, 6.07) is 19.8. The number of hydrogen-bond acceptors (Lipinski definition) is 5. The lowest BCUT2D eigenvalue weighted by molar-refractivity contribution is 0.131. The standard InChI is InChI=1S/C13H19NO.C12H12N4O2/c1-15-10-9-14-8-7-13(11-14)12-5-3-2-4-6-12;13-12(17)14-11-9-6-18-7-10(9)15-16(11)8-4-2-1-3-5-8/h2-6,13H,7-11H2,1H3;1-5H,6-7H2,(H3,13,14,17). The van der Waals surface area contributed by atoms with Crippen LogP contribution in [0.5, 0.6) is 0 Å². The molecule has 174 valence electrons. The number of amides is 2. The van der Waals surface area contributed by atoms with Gasteiger partial charge in [-0.1, -0.05) is 48.5 Å². The number of nitrogens with zero attached hydrogens (tertiary/aromatic N) is 3. The van der Waals surface area contributed by atoms with E-state index in [1.807, 2.05) is 30.3 Å². The van der Waals surface area contributed by atoms with Gasteiger partial charge in [0.15, 0.2) is 0 Å². The van der Waals surface area contributed by atoms with Crippen LogP contribution in [0.3, 0.4) is 0 Å². The number of benzene rings is 2. The molecule has 2 aliphatic heterocycles. The van der Waals surface area contributed by atoms with E-state index >= 15 is 0 Å². The number of carbonyl (C=O) groups excluding carboxylic acids is 1. The van der Waals surface area contributed by atoms with E-state index in [-0.39, 0.29) is 0 Å². The number of nitrogens with one attached hydrogen (secondary N) is 1. The molecule has 2 aliphatic rings. The van der Waals surface area contributed by atoms with Crippen molar-refractivity contribution in [2.24, 2.45) is 5.73 Å². The highest BCUT2D eigenvalue weighted by Gasteiger charge is 2.24. The maximum Gasteiger partial charge on any atom is 0.317 e. The van der Waals surface area contributed by atoms with Crippen molar-refractivity contribution in [1.29, 1.82) is 0 Å². The third-order valence-electron chi connectivity index (χ3n) is 5.95. The van der Waals surface area contributed by atoms with Gasteiger partial charge in [-0.25, -0.2) is 9.48 Å². The van der Waals surface area contributed by atoms with Crippen LogP contribution in [0.2, 0.25) is 0 Å². The number of hydrogen-bond donors (Lipinski definition) is 2. The van der Waals surface area contributed by atoms with Crippen LogP contribution in [-0.4, -0.2) is 54.1 Å². The fourth-order valence-electron chi connectivity index (χ4n) is 4.27. The Morgan fingerprint density at radius 3 is 2.58 bits per heavy atom. The van der Waals surface area contributed by atoms with Crippen LogP contribution in [0.15, 0.2) is 60.7 Å². The molecule has 2 amide bonds. The predicted octanol–water partition coefficient (Wildman–Crippen LogP) is 3.52. The van der Waals surface area contributed by atoms with E-state index in [9.17, 15) is 4.79 Å². The summed E-state index contributed by atoms with van der Waals surface area (Å²) >= 11 is 0. The van der Waals surface area contributed by atoms with Gasteiger partial charge < -0.3 is 20.1 Å². The first-order valence-electron chi connectivity index (χ1n) is 11.2. The summed E-state index contributed by atoms with van der Waals surface area (Å²) in [5, 5.41) is 7.05. The lowest BCUT2D eigenvalue weighted by Crippen LogP contribution is -2.24. The number of ether oxygens (including phenoxy) is 2. The Labute approximate surface area is 194 Å². The Balaban J connectivity index is 0.000000160. The molecule has 0 aliphatic carbocycles. The minimum Gasteiger partial charge on any atom is -0.383 e. The van der Waals surface area contributed by atoms with Crippen molar-refractivity contribution in [2.45, 2.75) is 25.6 Å². The van der Waals surface area contributed by atoms with E-state index in [4.69, 9.17) is 15.2 Å². The molecule has 0 saturated carbocycles. The molecule has 1 saturated heterocycles. The van der Waals surface area contributed by atoms with Gasteiger partial charge in [-0.2, -0.15) is 5.10 Å². The van der Waals surface area contributed by atoms with E-state index in [0.717, 1.165) is 36.0 Å². The smallest absolute Gasteiger partial charge is 0.317 e. The number of fused-ring (bicyclic) bond motifs is 1. The van der Waals surface area contributed by atoms with Gasteiger partial charge in [0, 0.05) is 25.8 Å². The van der Waals surface area contributed by atoms with Gasteiger partial charge in [0.25, 0.3) is 0 Å². The molecule has 2 aromatic carbocycles. The van der Waals surface area contributed by atoms with Crippen molar-refractivity contribution >= 4 is 11.8 Å². The topological polar surface area (TPSA) is 94.6 Å². The van der Waals surface area contributed by atoms with Gasteiger partial charge in [-0.15, -0.1) is 0 Å². The minimum absolute atomic E-state index is 0.442. The zero-order valence-corrected chi connectivity index (χ0v) is 18.9. The first-order valence-corrected chi connectivity index (χ1v) is 11.2. The molecule has 8 nitrogen and oxygen atoms in total. The molecule has 3 aromatic rings. The molecule has 3 N–H and O–H groups in total. The number of methoxy groups -OCH3 is 1. The van der Waals surface area contributed by atoms with Crippen molar-refractivity contribution in [3.63, 3.8) is 0 Å². The molecular formula is C25H31N5O3. The van der Waals surface area contributed by atoms with Crippen LogP contribution in [0.4, 0.5) is 10.6 Å². The first kappa shape index (κ1) is 23.0. The third-order valence-corrected chi connectivity index (χ3v) is 5.95. The van der Waals surface area contributed by atoms with Crippen LogP contribution >= 0.6 is 0 Å². The second kappa shape index (κ2) is 11.1. The summed E-state index contributed by atoms with van der Waals surface area (Å²) < 4.78 is 12.1. The minimum atomic E-state index is -0.609. The van der Waals surface area contributed by atoms with E-state index in [2.05, 4.69) is 45.6 Å². The second-order valence-electron chi connectivity index (χ2n) is 8.19. The van der Waals surface area contributed by atoms with Crippen molar-refractivity contribution in [1.82, 2.24) is 14.7 Å². The number of urea groups is 1. The Morgan fingerprint density at radius 2 is 1.88 bits per heavy atom. The lowest BCUT2D eigenvalue weighted by atomic mass is 9.99. The van der Waals surface area contributed by atoms with Gasteiger partial charge in [0.05, 0.1) is 31.2 Å². The molecule has 33 heavy (non-hydrogen) atoms. The normalized spacial score (nSPS) is 17.3. The number of para-hydroxylation sites is 1. The van der Waals surface area contributed by atoms with Crippen LogP contribution < -0.4 is 11.1 Å². The molecule has 5 rings (SSSR count). The van der Waals surface area contributed by atoms with Crippen molar-refractivity contribution in [3.8, 4) is 5.69 Å². The lowest BCUT2D eigenvalue weighted by Gasteiger charge is -2.15. The summed E-state index contributed by atoms with van der Waals surface area (Å²) in [5.41, 5.74) is 9.27. The maximum atomic E-state index is 11.1. The van der Waals surface area contributed by atoms with Crippen molar-refractivity contribution < 1.29 is 14.3 Å². The molecule has 0 bridgehead atoms. The number of nitrogens with two attached hydrogens (primary N) is 1. The first-order chi connectivity index (χ1) is 16.2. The number of primary amides is 1. The van der Waals surface area contributed by atoms with Crippen LogP contribution in [0.25, 0.3) is 5.69 Å². The SMILES string of the molecule is COCCN1CCC(c2ccccc2)C1.NC(=O)Nc1c2c(nn1-c1ccccc1)COC2. The van der Waals surface area contributed by atoms with Crippen LogP contribution in [0.1, 0.15) is 29.2 Å².